The van der Waals surface area contributed by atoms with Crippen molar-refractivity contribution in [2.75, 3.05) is 0 Å². The Hall–Kier alpha value is -0.900. The molecule has 0 heterocycles. The first-order chi connectivity index (χ1) is 7.11. The molecule has 0 spiro atoms. The second-order valence-corrected chi connectivity index (χ2v) is 4.25. The summed E-state index contributed by atoms with van der Waals surface area (Å²) in [5.74, 6) is 0. The molecule has 0 bridgehead atoms. The van der Waals surface area contributed by atoms with Gasteiger partial charge in [0.1, 0.15) is 0 Å². The molecular formula is C11H19NO3. The van der Waals surface area contributed by atoms with Crippen LogP contribution >= 0.6 is 0 Å². The second kappa shape index (κ2) is 5.85. The minimum atomic E-state index is -0.570. The maximum Gasteiger partial charge on any atom is 0.234 e. The van der Waals surface area contributed by atoms with E-state index in [0.29, 0.717) is 12.8 Å². The first-order valence-electron chi connectivity index (χ1n) is 5.61. The molecule has 0 aromatic carbocycles. The zero-order chi connectivity index (χ0) is 11.3. The van der Waals surface area contributed by atoms with Gasteiger partial charge in [-0.1, -0.05) is 6.08 Å². The van der Waals surface area contributed by atoms with Crippen LogP contribution in [0.5, 0.6) is 0 Å². The van der Waals surface area contributed by atoms with Crippen molar-refractivity contribution in [3.63, 3.8) is 0 Å². The lowest BCUT2D eigenvalue weighted by Crippen LogP contribution is -2.24. The number of allylic oxidation sites excluding steroid dienone is 1. The zero-order valence-electron chi connectivity index (χ0n) is 9.19. The third kappa shape index (κ3) is 4.00. The topological polar surface area (TPSA) is 63.4 Å². The molecule has 1 aliphatic carbocycles. The smallest absolute Gasteiger partial charge is 0.234 e. The van der Waals surface area contributed by atoms with Crippen molar-refractivity contribution in [1.82, 2.24) is 0 Å². The van der Waals surface area contributed by atoms with E-state index in [0.717, 1.165) is 31.3 Å². The Morgan fingerprint density at radius 1 is 1.53 bits per heavy atom. The highest BCUT2D eigenvalue weighted by Crippen LogP contribution is 2.24. The average Bonchev–Trinajstić information content (AvgIpc) is 2.18. The minimum absolute atomic E-state index is 0.209. The molecule has 1 N–H and O–H groups in total. The monoisotopic (exact) mass is 213 g/mol. The predicted octanol–water partition coefficient (Wildman–Crippen LogP) is 2.29. The van der Waals surface area contributed by atoms with Crippen LogP contribution in [0.2, 0.25) is 0 Å². The summed E-state index contributed by atoms with van der Waals surface area (Å²) in [7, 11) is 0. The van der Waals surface area contributed by atoms with Gasteiger partial charge in [-0.05, 0) is 44.6 Å². The Balaban J connectivity index is 2.56. The van der Waals surface area contributed by atoms with Gasteiger partial charge in [0.15, 0.2) is 0 Å². The van der Waals surface area contributed by atoms with Crippen molar-refractivity contribution in [2.24, 2.45) is 0 Å². The van der Waals surface area contributed by atoms with Gasteiger partial charge < -0.3 is 5.11 Å². The quantitative estimate of drug-likeness (QED) is 0.433. The number of hydrogen-bond acceptors (Lipinski definition) is 3. The molecule has 2 atom stereocenters. The summed E-state index contributed by atoms with van der Waals surface area (Å²) in [5.41, 5.74) is 0.965. The van der Waals surface area contributed by atoms with Gasteiger partial charge in [0.2, 0.25) is 6.04 Å². The minimum Gasteiger partial charge on any atom is -0.393 e. The van der Waals surface area contributed by atoms with Gasteiger partial charge in [-0.3, -0.25) is 10.1 Å². The van der Waals surface area contributed by atoms with E-state index < -0.39 is 12.1 Å². The van der Waals surface area contributed by atoms with Gasteiger partial charge in [-0.25, -0.2) is 0 Å². The highest BCUT2D eigenvalue weighted by molar-refractivity contribution is 5.10. The fourth-order valence-corrected chi connectivity index (χ4v) is 1.99. The first kappa shape index (κ1) is 12.2. The van der Waals surface area contributed by atoms with Gasteiger partial charge in [0.25, 0.3) is 0 Å². The summed E-state index contributed by atoms with van der Waals surface area (Å²) in [4.78, 5) is 10.7. The average molecular weight is 213 g/mol. The van der Waals surface area contributed by atoms with Crippen molar-refractivity contribution in [2.45, 2.75) is 57.6 Å². The normalized spacial score (nSPS) is 20.5. The van der Waals surface area contributed by atoms with Crippen molar-refractivity contribution < 1.29 is 10.0 Å². The van der Waals surface area contributed by atoms with E-state index in [9.17, 15) is 10.1 Å². The molecule has 0 aliphatic heterocycles. The Labute approximate surface area is 90.1 Å². The molecule has 4 heteroatoms. The number of hydrogen-bond donors (Lipinski definition) is 1. The van der Waals surface area contributed by atoms with Crippen LogP contribution in [0.15, 0.2) is 11.6 Å². The molecule has 86 valence electrons. The van der Waals surface area contributed by atoms with E-state index in [1.807, 2.05) is 6.08 Å². The molecule has 0 aromatic heterocycles. The predicted molar refractivity (Wildman–Crippen MR) is 58.2 cm³/mol. The molecule has 2 unspecified atom stereocenters. The van der Waals surface area contributed by atoms with Crippen LogP contribution < -0.4 is 0 Å². The maximum atomic E-state index is 10.9. The number of nitro groups is 1. The lowest BCUT2D eigenvalue weighted by molar-refractivity contribution is -0.513. The molecular weight excluding hydrogens is 194 g/mol. The Morgan fingerprint density at radius 2 is 2.27 bits per heavy atom. The summed E-state index contributed by atoms with van der Waals surface area (Å²) >= 11 is 0. The van der Waals surface area contributed by atoms with E-state index in [1.165, 1.54) is 0 Å². The molecule has 4 nitrogen and oxygen atoms in total. The molecule has 0 amide bonds. The molecule has 0 saturated carbocycles. The Bertz CT molecular complexity index is 248. The number of rotatable bonds is 5. The third-order valence-corrected chi connectivity index (χ3v) is 2.87. The summed E-state index contributed by atoms with van der Waals surface area (Å²) in [5, 5.41) is 20.0. The van der Waals surface area contributed by atoms with Crippen LogP contribution in [0.3, 0.4) is 0 Å². The molecule has 15 heavy (non-hydrogen) atoms. The van der Waals surface area contributed by atoms with Gasteiger partial charge >= 0.3 is 0 Å². The van der Waals surface area contributed by atoms with Crippen LogP contribution in [0.1, 0.15) is 45.4 Å². The standard InChI is InChI=1S/C11H19NO3/c1-9(13)7-8-11(12(14)15)10-5-3-2-4-6-10/h5,9,11,13H,2-4,6-8H2,1H3. The van der Waals surface area contributed by atoms with Gasteiger partial charge in [-0.2, -0.15) is 0 Å². The lowest BCUT2D eigenvalue weighted by Gasteiger charge is -2.17. The highest BCUT2D eigenvalue weighted by Gasteiger charge is 2.26. The maximum absolute atomic E-state index is 10.9. The fraction of sp³-hybridized carbons (Fsp3) is 0.818. The number of nitrogens with zero attached hydrogens (tertiary/aromatic N) is 1. The van der Waals surface area contributed by atoms with E-state index in [-0.39, 0.29) is 4.92 Å². The van der Waals surface area contributed by atoms with Gasteiger partial charge in [-0.15, -0.1) is 0 Å². The first-order valence-corrected chi connectivity index (χ1v) is 5.61. The zero-order valence-corrected chi connectivity index (χ0v) is 9.19. The highest BCUT2D eigenvalue weighted by atomic mass is 16.6. The number of aliphatic hydroxyl groups is 1. The van der Waals surface area contributed by atoms with Crippen LogP contribution in [-0.2, 0) is 0 Å². The van der Waals surface area contributed by atoms with Gasteiger partial charge in [0.05, 0.1) is 6.10 Å². The van der Waals surface area contributed by atoms with E-state index in [1.54, 1.807) is 6.92 Å². The van der Waals surface area contributed by atoms with Crippen LogP contribution in [0.4, 0.5) is 0 Å². The van der Waals surface area contributed by atoms with Crippen molar-refractivity contribution in [1.29, 1.82) is 0 Å². The SMILES string of the molecule is CC(O)CCC(C1=CCCCC1)[N+](=O)[O-]. The number of aliphatic hydroxyl groups excluding tert-OH is 1. The molecule has 0 saturated heterocycles. The van der Waals surface area contributed by atoms with Crippen LogP contribution in [0.25, 0.3) is 0 Å². The molecule has 1 rings (SSSR count). The molecule has 1 aliphatic rings. The molecule has 0 fully saturated rings. The Kier molecular flexibility index (Phi) is 4.75. The summed E-state index contributed by atoms with van der Waals surface area (Å²) in [6.45, 7) is 1.67. The lowest BCUT2D eigenvalue weighted by atomic mass is 9.91. The summed E-state index contributed by atoms with van der Waals surface area (Å²) in [6, 6.07) is -0.570. The Morgan fingerprint density at radius 3 is 2.73 bits per heavy atom. The van der Waals surface area contributed by atoms with Gasteiger partial charge in [0, 0.05) is 11.3 Å². The summed E-state index contributed by atoms with van der Waals surface area (Å²) < 4.78 is 0. The van der Waals surface area contributed by atoms with E-state index in [4.69, 9.17) is 5.11 Å². The summed E-state index contributed by atoms with van der Waals surface area (Å²) in [6.07, 6.45) is 6.55. The van der Waals surface area contributed by atoms with Crippen molar-refractivity contribution in [3.8, 4) is 0 Å². The van der Waals surface area contributed by atoms with E-state index in [2.05, 4.69) is 0 Å². The van der Waals surface area contributed by atoms with Crippen LogP contribution in [0, 0.1) is 10.1 Å². The van der Waals surface area contributed by atoms with E-state index >= 15 is 0 Å². The van der Waals surface area contributed by atoms with Crippen molar-refractivity contribution in [3.05, 3.63) is 21.8 Å². The fourth-order valence-electron chi connectivity index (χ4n) is 1.99. The molecule has 0 radical (unpaired) electrons. The molecule has 0 aromatic rings. The van der Waals surface area contributed by atoms with Crippen molar-refractivity contribution >= 4 is 0 Å². The third-order valence-electron chi connectivity index (χ3n) is 2.87. The van der Waals surface area contributed by atoms with Crippen LogP contribution in [-0.4, -0.2) is 22.2 Å². The largest absolute Gasteiger partial charge is 0.393 e. The second-order valence-electron chi connectivity index (χ2n) is 4.25.